The summed E-state index contributed by atoms with van der Waals surface area (Å²) in [5, 5.41) is 2.89. The van der Waals surface area contributed by atoms with Crippen LogP contribution < -0.4 is 5.32 Å². The largest absolute Gasteiger partial charge is 0.334 e. The van der Waals surface area contributed by atoms with Gasteiger partial charge in [-0.15, -0.1) is 0 Å². The lowest BCUT2D eigenvalue weighted by Crippen LogP contribution is -2.48. The number of benzene rings is 1. The van der Waals surface area contributed by atoms with Crippen LogP contribution in [0.5, 0.6) is 0 Å². The standard InChI is InChI=1S/C21H27N3O3/c1-14(2)10-11-24-19-9-6-17(20(24)26)12-23(13-19)21(27)22-18-7-4-16(5-8-18)15(3)25/h4-5,7-8,10,17,19H,6,9,11-13H2,1-3H3,(H,22,27)/t17-,19+/m0/s1. The second kappa shape index (κ2) is 7.94. The maximum Gasteiger partial charge on any atom is 0.321 e. The van der Waals surface area contributed by atoms with Gasteiger partial charge < -0.3 is 15.1 Å². The van der Waals surface area contributed by atoms with Crippen molar-refractivity contribution in [1.29, 1.82) is 0 Å². The fourth-order valence-corrected chi connectivity index (χ4v) is 3.72. The number of carbonyl (C=O) groups is 3. The summed E-state index contributed by atoms with van der Waals surface area (Å²) in [6.07, 6.45) is 3.84. The molecule has 3 saturated heterocycles. The molecule has 3 fully saturated rings. The number of rotatable bonds is 4. The Kier molecular flexibility index (Phi) is 5.63. The number of hydrogen-bond acceptors (Lipinski definition) is 3. The minimum absolute atomic E-state index is 0.00746. The fraction of sp³-hybridized carbons (Fsp3) is 0.476. The molecule has 4 rings (SSSR count). The summed E-state index contributed by atoms with van der Waals surface area (Å²) in [7, 11) is 0. The first-order valence-corrected chi connectivity index (χ1v) is 9.46. The predicted molar refractivity (Wildman–Crippen MR) is 105 cm³/mol. The molecule has 0 saturated carbocycles. The minimum atomic E-state index is -0.195. The van der Waals surface area contributed by atoms with Crippen molar-refractivity contribution in [2.24, 2.45) is 5.92 Å². The topological polar surface area (TPSA) is 69.7 Å². The molecule has 2 bridgehead atoms. The van der Waals surface area contributed by atoms with Gasteiger partial charge in [0.15, 0.2) is 5.78 Å². The van der Waals surface area contributed by atoms with Gasteiger partial charge in [-0.2, -0.15) is 0 Å². The summed E-state index contributed by atoms with van der Waals surface area (Å²) in [4.78, 5) is 40.5. The highest BCUT2D eigenvalue weighted by molar-refractivity contribution is 5.95. The highest BCUT2D eigenvalue weighted by Crippen LogP contribution is 2.29. The Hall–Kier alpha value is -2.63. The van der Waals surface area contributed by atoms with Crippen LogP contribution in [-0.2, 0) is 4.79 Å². The zero-order chi connectivity index (χ0) is 19.6. The van der Waals surface area contributed by atoms with Gasteiger partial charge in [0.1, 0.15) is 0 Å². The van der Waals surface area contributed by atoms with E-state index in [9.17, 15) is 14.4 Å². The molecule has 2 atom stereocenters. The Labute approximate surface area is 160 Å². The number of piperidine rings is 1. The molecule has 3 aliphatic rings. The number of ketones is 1. The van der Waals surface area contributed by atoms with E-state index in [1.807, 2.05) is 18.7 Å². The van der Waals surface area contributed by atoms with Gasteiger partial charge in [0.2, 0.25) is 5.91 Å². The lowest BCUT2D eigenvalue weighted by atomic mass is 9.94. The molecule has 0 spiro atoms. The summed E-state index contributed by atoms with van der Waals surface area (Å²) in [5.74, 6) is 0.0250. The van der Waals surface area contributed by atoms with Crippen LogP contribution in [0.25, 0.3) is 0 Å². The highest BCUT2D eigenvalue weighted by atomic mass is 16.2. The Morgan fingerprint density at radius 3 is 2.44 bits per heavy atom. The SMILES string of the molecule is CC(=O)c1ccc(NC(=O)N2C[C@@H]3CC[C@H](C2)N(CC=C(C)C)C3=O)cc1. The zero-order valence-corrected chi connectivity index (χ0v) is 16.2. The smallest absolute Gasteiger partial charge is 0.321 e. The van der Waals surface area contributed by atoms with Gasteiger partial charge in [0.05, 0.1) is 5.92 Å². The van der Waals surface area contributed by atoms with Gasteiger partial charge in [0.25, 0.3) is 0 Å². The van der Waals surface area contributed by atoms with Crippen molar-refractivity contribution in [3.8, 4) is 0 Å². The van der Waals surface area contributed by atoms with Gasteiger partial charge in [-0.3, -0.25) is 9.59 Å². The maximum absolute atomic E-state index is 12.8. The lowest BCUT2D eigenvalue weighted by Gasteiger charge is -2.35. The van der Waals surface area contributed by atoms with Crippen LogP contribution in [-0.4, -0.2) is 53.2 Å². The number of allylic oxidation sites excluding steroid dienone is 1. The van der Waals surface area contributed by atoms with Crippen molar-refractivity contribution >= 4 is 23.4 Å². The van der Waals surface area contributed by atoms with Gasteiger partial charge in [0, 0.05) is 36.9 Å². The fourth-order valence-electron chi connectivity index (χ4n) is 3.72. The average molecular weight is 369 g/mol. The monoisotopic (exact) mass is 369 g/mol. The molecule has 0 unspecified atom stereocenters. The summed E-state index contributed by atoms with van der Waals surface area (Å²) in [6, 6.07) is 6.74. The maximum atomic E-state index is 12.8. The van der Waals surface area contributed by atoms with Gasteiger partial charge in [-0.25, -0.2) is 4.79 Å². The van der Waals surface area contributed by atoms with Crippen LogP contribution >= 0.6 is 0 Å². The van der Waals surface area contributed by atoms with E-state index in [-0.39, 0.29) is 29.7 Å². The van der Waals surface area contributed by atoms with Crippen molar-refractivity contribution in [1.82, 2.24) is 9.80 Å². The van der Waals surface area contributed by atoms with E-state index >= 15 is 0 Å². The molecule has 3 aliphatic heterocycles. The van der Waals surface area contributed by atoms with Crippen LogP contribution in [0.3, 0.4) is 0 Å². The third-order valence-electron chi connectivity index (χ3n) is 5.32. The molecule has 6 nitrogen and oxygen atoms in total. The normalized spacial score (nSPS) is 21.7. The molecule has 1 N–H and O–H groups in total. The molecular weight excluding hydrogens is 342 g/mol. The molecule has 144 valence electrons. The number of hydrogen-bond donors (Lipinski definition) is 1. The van der Waals surface area contributed by atoms with E-state index in [0.717, 1.165) is 12.8 Å². The van der Waals surface area contributed by atoms with Crippen molar-refractivity contribution < 1.29 is 14.4 Å². The summed E-state index contributed by atoms with van der Waals surface area (Å²) in [6.45, 7) is 7.19. The number of fused-ring (bicyclic) bond motifs is 4. The van der Waals surface area contributed by atoms with Gasteiger partial charge in [-0.05, 0) is 57.9 Å². The molecule has 0 radical (unpaired) electrons. The third kappa shape index (κ3) is 4.38. The van der Waals surface area contributed by atoms with Crippen molar-refractivity contribution in [3.05, 3.63) is 41.5 Å². The highest BCUT2D eigenvalue weighted by Gasteiger charge is 2.41. The number of anilines is 1. The first kappa shape index (κ1) is 19.1. The molecule has 1 aromatic rings. The first-order chi connectivity index (χ1) is 12.8. The lowest BCUT2D eigenvalue weighted by molar-refractivity contribution is -0.139. The summed E-state index contributed by atoms with van der Waals surface area (Å²) < 4.78 is 0. The van der Waals surface area contributed by atoms with Crippen molar-refractivity contribution in [2.45, 2.75) is 39.7 Å². The van der Waals surface area contributed by atoms with Crippen LogP contribution in [0.2, 0.25) is 0 Å². The van der Waals surface area contributed by atoms with Crippen LogP contribution in [0, 0.1) is 5.92 Å². The molecule has 6 heteroatoms. The number of Topliss-reactive ketones (excluding diaryl/α,β-unsaturated/α-hetero) is 1. The number of nitrogens with zero attached hydrogens (tertiary/aromatic N) is 2. The Bertz CT molecular complexity index is 765. The van der Waals surface area contributed by atoms with Crippen molar-refractivity contribution in [2.75, 3.05) is 25.0 Å². The first-order valence-electron chi connectivity index (χ1n) is 9.46. The van der Waals surface area contributed by atoms with Crippen molar-refractivity contribution in [3.63, 3.8) is 0 Å². The average Bonchev–Trinajstić information content (AvgIpc) is 2.91. The molecule has 27 heavy (non-hydrogen) atoms. The molecule has 3 heterocycles. The molecule has 3 amide bonds. The van der Waals surface area contributed by atoms with Crippen LogP contribution in [0.15, 0.2) is 35.9 Å². The van der Waals surface area contributed by atoms with E-state index in [4.69, 9.17) is 0 Å². The van der Waals surface area contributed by atoms with Gasteiger partial charge >= 0.3 is 6.03 Å². The third-order valence-corrected chi connectivity index (χ3v) is 5.32. The second-order valence-electron chi connectivity index (χ2n) is 7.67. The Balaban J connectivity index is 1.69. The summed E-state index contributed by atoms with van der Waals surface area (Å²) >= 11 is 0. The van der Waals surface area contributed by atoms with Crippen LogP contribution in [0.4, 0.5) is 10.5 Å². The minimum Gasteiger partial charge on any atom is -0.334 e. The van der Waals surface area contributed by atoms with E-state index < -0.39 is 0 Å². The number of carbonyl (C=O) groups excluding carboxylic acids is 3. The number of urea groups is 1. The molecule has 0 aromatic heterocycles. The number of amides is 3. The van der Waals surface area contributed by atoms with Crippen LogP contribution in [0.1, 0.15) is 44.0 Å². The molecule has 1 aromatic carbocycles. The Morgan fingerprint density at radius 1 is 1.11 bits per heavy atom. The van der Waals surface area contributed by atoms with E-state index in [0.29, 0.717) is 30.9 Å². The van der Waals surface area contributed by atoms with E-state index in [1.54, 1.807) is 29.2 Å². The molecular formula is C21H27N3O3. The second-order valence-corrected chi connectivity index (χ2v) is 7.67. The van der Waals surface area contributed by atoms with E-state index in [2.05, 4.69) is 11.4 Å². The van der Waals surface area contributed by atoms with E-state index in [1.165, 1.54) is 12.5 Å². The number of nitrogens with one attached hydrogen (secondary N) is 1. The predicted octanol–water partition coefficient (Wildman–Crippen LogP) is 3.31. The quantitative estimate of drug-likeness (QED) is 0.654. The summed E-state index contributed by atoms with van der Waals surface area (Å²) in [5.41, 5.74) is 2.45. The Morgan fingerprint density at radius 2 is 1.81 bits per heavy atom. The molecule has 0 aliphatic carbocycles. The zero-order valence-electron chi connectivity index (χ0n) is 16.2. The van der Waals surface area contributed by atoms with Gasteiger partial charge in [-0.1, -0.05) is 11.6 Å².